The summed E-state index contributed by atoms with van der Waals surface area (Å²) < 4.78 is 5.07. The van der Waals surface area contributed by atoms with E-state index in [0.29, 0.717) is 11.1 Å². The van der Waals surface area contributed by atoms with E-state index in [0.717, 1.165) is 16.7 Å². The van der Waals surface area contributed by atoms with Crippen LogP contribution >= 0.6 is 0 Å². The predicted molar refractivity (Wildman–Crippen MR) is 87.1 cm³/mol. The van der Waals surface area contributed by atoms with Crippen LogP contribution in [-0.2, 0) is 4.74 Å². The number of ketones is 1. The lowest BCUT2D eigenvalue weighted by Gasteiger charge is -2.06. The van der Waals surface area contributed by atoms with Crippen LogP contribution in [-0.4, -0.2) is 18.4 Å². The van der Waals surface area contributed by atoms with Crippen LogP contribution in [0.25, 0.3) is 6.08 Å². The van der Waals surface area contributed by atoms with Crippen molar-refractivity contribution in [2.45, 2.75) is 13.8 Å². The number of aryl methyl sites for hydroxylation is 2. The Kier molecular flexibility index (Phi) is 4.89. The molecule has 2 aromatic rings. The van der Waals surface area contributed by atoms with E-state index in [9.17, 15) is 9.59 Å². The fraction of sp³-hybridized carbons (Fsp3) is 0.158. The first-order valence-electron chi connectivity index (χ1n) is 7.01. The van der Waals surface area contributed by atoms with Gasteiger partial charge in [0, 0.05) is 5.56 Å². The molecular weight excluding hydrogens is 276 g/mol. The molecule has 3 heteroatoms. The van der Waals surface area contributed by atoms with Crippen molar-refractivity contribution >= 4 is 17.8 Å². The van der Waals surface area contributed by atoms with Crippen LogP contribution in [0.4, 0.5) is 0 Å². The smallest absolute Gasteiger partial charge is 0.338 e. The Balaban J connectivity index is 1.98. The molecule has 0 aliphatic rings. The first kappa shape index (κ1) is 15.7. The van der Waals surface area contributed by atoms with Gasteiger partial charge in [0.2, 0.25) is 0 Å². The number of esters is 1. The maximum Gasteiger partial charge on any atom is 0.338 e. The molecular formula is C19H18O3. The van der Waals surface area contributed by atoms with Crippen LogP contribution in [0.15, 0.2) is 49.0 Å². The Morgan fingerprint density at radius 1 is 1.00 bits per heavy atom. The van der Waals surface area contributed by atoms with Gasteiger partial charge in [-0.1, -0.05) is 36.9 Å². The molecule has 0 amide bonds. The summed E-state index contributed by atoms with van der Waals surface area (Å²) in [6.07, 6.45) is 1.69. The van der Waals surface area contributed by atoms with E-state index >= 15 is 0 Å². The first-order valence-corrected chi connectivity index (χ1v) is 7.01. The Morgan fingerprint density at radius 3 is 2.23 bits per heavy atom. The van der Waals surface area contributed by atoms with Crippen LogP contribution in [0.1, 0.15) is 37.4 Å². The molecule has 0 saturated heterocycles. The minimum absolute atomic E-state index is 0.209. The Morgan fingerprint density at radius 2 is 1.64 bits per heavy atom. The topological polar surface area (TPSA) is 43.4 Å². The van der Waals surface area contributed by atoms with Gasteiger partial charge in [0.05, 0.1) is 5.56 Å². The third-order valence-electron chi connectivity index (χ3n) is 3.55. The highest BCUT2D eigenvalue weighted by atomic mass is 16.5. The number of carbonyl (C=O) groups excluding carboxylic acids is 2. The van der Waals surface area contributed by atoms with Crippen LogP contribution in [0.2, 0.25) is 0 Å². The second-order valence-electron chi connectivity index (χ2n) is 5.12. The molecule has 0 aliphatic carbocycles. The first-order chi connectivity index (χ1) is 10.5. The van der Waals surface area contributed by atoms with Crippen molar-refractivity contribution in [1.29, 1.82) is 0 Å². The van der Waals surface area contributed by atoms with Gasteiger partial charge in [-0.15, -0.1) is 0 Å². The number of benzene rings is 2. The van der Waals surface area contributed by atoms with Crippen molar-refractivity contribution in [3.05, 3.63) is 76.9 Å². The number of hydrogen-bond donors (Lipinski definition) is 0. The van der Waals surface area contributed by atoms with Crippen LogP contribution < -0.4 is 0 Å². The molecule has 3 nitrogen and oxygen atoms in total. The minimum Gasteiger partial charge on any atom is -0.454 e. The number of carbonyl (C=O) groups is 2. The molecule has 0 heterocycles. The lowest BCUT2D eigenvalue weighted by Crippen LogP contribution is -2.14. The zero-order valence-electron chi connectivity index (χ0n) is 12.8. The van der Waals surface area contributed by atoms with E-state index in [1.54, 1.807) is 36.4 Å². The number of ether oxygens (including phenoxy) is 1. The van der Waals surface area contributed by atoms with Crippen molar-refractivity contribution in [3.8, 4) is 0 Å². The quantitative estimate of drug-likeness (QED) is 0.618. The number of rotatable bonds is 5. The lowest BCUT2D eigenvalue weighted by atomic mass is 10.0. The number of Topliss-reactive ketones (excluding diaryl/α,β-unsaturated/α-hetero) is 1. The SMILES string of the molecule is C=Cc1ccc(C(=O)OCC(=O)c2ccc(C)c(C)c2)cc1. The Hall–Kier alpha value is -2.68. The molecule has 2 aromatic carbocycles. The van der Waals surface area contributed by atoms with Crippen molar-refractivity contribution in [3.63, 3.8) is 0 Å². The van der Waals surface area contributed by atoms with Crippen molar-refractivity contribution in [2.75, 3.05) is 6.61 Å². The molecule has 0 unspecified atom stereocenters. The maximum atomic E-state index is 12.1. The van der Waals surface area contributed by atoms with Gasteiger partial charge < -0.3 is 4.74 Å². The molecule has 0 atom stereocenters. The summed E-state index contributed by atoms with van der Waals surface area (Å²) in [5, 5.41) is 0. The van der Waals surface area contributed by atoms with E-state index in [1.165, 1.54) is 0 Å². The summed E-state index contributed by atoms with van der Waals surface area (Å²) in [5.41, 5.74) is 4.05. The standard InChI is InChI=1S/C19H18O3/c1-4-15-6-9-16(10-7-15)19(21)22-12-18(20)17-8-5-13(2)14(3)11-17/h4-11H,1,12H2,2-3H3. The highest BCUT2D eigenvalue weighted by molar-refractivity contribution is 5.99. The normalized spacial score (nSPS) is 10.1. The third kappa shape index (κ3) is 3.70. The zero-order chi connectivity index (χ0) is 16.1. The average molecular weight is 294 g/mol. The molecule has 112 valence electrons. The fourth-order valence-electron chi connectivity index (χ4n) is 1.97. The summed E-state index contributed by atoms with van der Waals surface area (Å²) in [4.78, 5) is 24.0. The highest BCUT2D eigenvalue weighted by Gasteiger charge is 2.12. The summed E-state index contributed by atoms with van der Waals surface area (Å²) in [7, 11) is 0. The lowest BCUT2D eigenvalue weighted by molar-refractivity contribution is 0.0475. The molecule has 0 spiro atoms. The van der Waals surface area contributed by atoms with Gasteiger partial charge in [0.1, 0.15) is 0 Å². The van der Waals surface area contributed by atoms with E-state index < -0.39 is 5.97 Å². The van der Waals surface area contributed by atoms with E-state index in [1.807, 2.05) is 26.0 Å². The summed E-state index contributed by atoms with van der Waals surface area (Å²) in [6, 6.07) is 12.3. The Labute approximate surface area is 130 Å². The van der Waals surface area contributed by atoms with Gasteiger partial charge in [0.25, 0.3) is 0 Å². The molecule has 0 radical (unpaired) electrons. The predicted octanol–water partition coefficient (Wildman–Crippen LogP) is 3.99. The van der Waals surface area contributed by atoms with E-state index in [2.05, 4.69) is 6.58 Å². The monoisotopic (exact) mass is 294 g/mol. The molecule has 0 N–H and O–H groups in total. The van der Waals surface area contributed by atoms with Gasteiger partial charge in [-0.05, 0) is 48.7 Å². The van der Waals surface area contributed by atoms with E-state index in [4.69, 9.17) is 4.74 Å². The highest BCUT2D eigenvalue weighted by Crippen LogP contribution is 2.11. The summed E-state index contributed by atoms with van der Waals surface area (Å²) in [5.74, 6) is -0.716. The van der Waals surface area contributed by atoms with Gasteiger partial charge in [-0.25, -0.2) is 4.79 Å². The summed E-state index contributed by atoms with van der Waals surface area (Å²) in [6.45, 7) is 7.32. The van der Waals surface area contributed by atoms with Crippen molar-refractivity contribution in [2.24, 2.45) is 0 Å². The minimum atomic E-state index is -0.507. The molecule has 0 saturated carbocycles. The van der Waals surface area contributed by atoms with Crippen molar-refractivity contribution in [1.82, 2.24) is 0 Å². The second kappa shape index (κ2) is 6.85. The van der Waals surface area contributed by atoms with Crippen LogP contribution in [0.3, 0.4) is 0 Å². The summed E-state index contributed by atoms with van der Waals surface area (Å²) >= 11 is 0. The van der Waals surface area contributed by atoms with Crippen LogP contribution in [0.5, 0.6) is 0 Å². The molecule has 0 aliphatic heterocycles. The zero-order valence-corrected chi connectivity index (χ0v) is 12.8. The Bertz CT molecular complexity index is 712. The average Bonchev–Trinajstić information content (AvgIpc) is 2.54. The van der Waals surface area contributed by atoms with Crippen molar-refractivity contribution < 1.29 is 14.3 Å². The van der Waals surface area contributed by atoms with E-state index in [-0.39, 0.29) is 12.4 Å². The van der Waals surface area contributed by atoms with Gasteiger partial charge in [0.15, 0.2) is 12.4 Å². The van der Waals surface area contributed by atoms with Crippen LogP contribution in [0, 0.1) is 13.8 Å². The molecule has 2 rings (SSSR count). The third-order valence-corrected chi connectivity index (χ3v) is 3.55. The van der Waals surface area contributed by atoms with Gasteiger partial charge >= 0.3 is 5.97 Å². The molecule has 0 aromatic heterocycles. The molecule has 0 bridgehead atoms. The second-order valence-corrected chi connectivity index (χ2v) is 5.12. The maximum absolute atomic E-state index is 12.1. The molecule has 22 heavy (non-hydrogen) atoms. The fourth-order valence-corrected chi connectivity index (χ4v) is 1.97. The number of hydrogen-bond acceptors (Lipinski definition) is 3. The largest absolute Gasteiger partial charge is 0.454 e. The molecule has 0 fully saturated rings. The van der Waals surface area contributed by atoms with Gasteiger partial charge in [-0.3, -0.25) is 4.79 Å². The van der Waals surface area contributed by atoms with Gasteiger partial charge in [-0.2, -0.15) is 0 Å².